The fourth-order valence-electron chi connectivity index (χ4n) is 5.76. The SMILES string of the molecule is COc1ccc(C(C(=O)NC2CCCCC2)N(C(=O)c2cc3c(C)nn(-c4ccccc4)c3s2)c2ccccc2Cl)cc1. The van der Waals surface area contributed by atoms with Crippen molar-refractivity contribution in [2.45, 2.75) is 51.1 Å². The normalized spacial score (nSPS) is 14.4. The number of benzene rings is 3. The van der Waals surface area contributed by atoms with Crippen LogP contribution < -0.4 is 15.0 Å². The van der Waals surface area contributed by atoms with Crippen LogP contribution in [0.5, 0.6) is 5.75 Å². The van der Waals surface area contributed by atoms with Gasteiger partial charge in [-0.25, -0.2) is 4.68 Å². The first-order valence-electron chi connectivity index (χ1n) is 14.5. The molecule has 1 N–H and O–H groups in total. The molecule has 2 heterocycles. The third-order valence-electron chi connectivity index (χ3n) is 7.98. The van der Waals surface area contributed by atoms with Gasteiger partial charge < -0.3 is 10.1 Å². The van der Waals surface area contributed by atoms with Crippen LogP contribution in [-0.2, 0) is 4.79 Å². The highest BCUT2D eigenvalue weighted by atomic mass is 35.5. The van der Waals surface area contributed by atoms with Gasteiger partial charge in [0.15, 0.2) is 0 Å². The van der Waals surface area contributed by atoms with Crippen LogP contribution in [0.1, 0.15) is 59.1 Å². The molecule has 7 nitrogen and oxygen atoms in total. The van der Waals surface area contributed by atoms with Crippen molar-refractivity contribution in [1.82, 2.24) is 15.1 Å². The number of fused-ring (bicyclic) bond motifs is 1. The zero-order chi connectivity index (χ0) is 29.9. The molecule has 1 unspecified atom stereocenters. The summed E-state index contributed by atoms with van der Waals surface area (Å²) in [6.07, 6.45) is 5.17. The highest BCUT2D eigenvalue weighted by molar-refractivity contribution is 7.20. The molecule has 3 aromatic carbocycles. The predicted octanol–water partition coefficient (Wildman–Crippen LogP) is 7.89. The number of methoxy groups -OCH3 is 1. The van der Waals surface area contributed by atoms with E-state index in [-0.39, 0.29) is 17.9 Å². The third kappa shape index (κ3) is 5.90. The Morgan fingerprint density at radius 3 is 2.40 bits per heavy atom. The largest absolute Gasteiger partial charge is 0.497 e. The van der Waals surface area contributed by atoms with Crippen molar-refractivity contribution >= 4 is 50.7 Å². The molecule has 0 spiro atoms. The molecule has 43 heavy (non-hydrogen) atoms. The summed E-state index contributed by atoms with van der Waals surface area (Å²) in [5, 5.41) is 9.28. The molecule has 1 saturated carbocycles. The van der Waals surface area contributed by atoms with Crippen molar-refractivity contribution in [2.75, 3.05) is 12.0 Å². The number of carbonyl (C=O) groups is 2. The summed E-state index contributed by atoms with van der Waals surface area (Å²) in [6.45, 7) is 1.94. The van der Waals surface area contributed by atoms with E-state index in [1.807, 2.05) is 84.4 Å². The number of amides is 2. The zero-order valence-corrected chi connectivity index (χ0v) is 25.7. The number of carbonyl (C=O) groups excluding carboxylic acids is 2. The highest BCUT2D eigenvalue weighted by Crippen LogP contribution is 2.38. The van der Waals surface area contributed by atoms with Crippen molar-refractivity contribution in [2.24, 2.45) is 0 Å². The van der Waals surface area contributed by atoms with Crippen molar-refractivity contribution in [1.29, 1.82) is 0 Å². The molecule has 0 saturated heterocycles. The maximum Gasteiger partial charge on any atom is 0.269 e. The lowest BCUT2D eigenvalue weighted by atomic mass is 9.94. The molecular weight excluding hydrogens is 580 g/mol. The average Bonchev–Trinajstić information content (AvgIpc) is 3.61. The van der Waals surface area contributed by atoms with Crippen LogP contribution in [-0.4, -0.2) is 34.7 Å². The molecule has 220 valence electrons. The smallest absolute Gasteiger partial charge is 0.269 e. The van der Waals surface area contributed by atoms with Crippen molar-refractivity contribution in [3.63, 3.8) is 0 Å². The van der Waals surface area contributed by atoms with Gasteiger partial charge in [0.1, 0.15) is 16.6 Å². The molecule has 0 aliphatic heterocycles. The summed E-state index contributed by atoms with van der Waals surface area (Å²) in [4.78, 5) is 31.8. The summed E-state index contributed by atoms with van der Waals surface area (Å²) in [6, 6.07) is 25.3. The Morgan fingerprint density at radius 1 is 1.00 bits per heavy atom. The fourth-order valence-corrected chi connectivity index (χ4v) is 7.11. The maximum atomic E-state index is 14.7. The molecule has 0 bridgehead atoms. The van der Waals surface area contributed by atoms with Crippen molar-refractivity contribution in [3.8, 4) is 11.4 Å². The number of hydrogen-bond acceptors (Lipinski definition) is 5. The van der Waals surface area contributed by atoms with Crippen molar-refractivity contribution < 1.29 is 14.3 Å². The van der Waals surface area contributed by atoms with E-state index in [4.69, 9.17) is 21.4 Å². The summed E-state index contributed by atoms with van der Waals surface area (Å²) in [7, 11) is 1.60. The molecule has 0 radical (unpaired) electrons. The molecule has 2 aromatic heterocycles. The van der Waals surface area contributed by atoms with E-state index in [0.717, 1.165) is 47.3 Å². The van der Waals surface area contributed by atoms with Gasteiger partial charge >= 0.3 is 0 Å². The zero-order valence-electron chi connectivity index (χ0n) is 24.1. The van der Waals surface area contributed by atoms with Crippen LogP contribution >= 0.6 is 22.9 Å². The number of halogens is 1. The van der Waals surface area contributed by atoms with E-state index < -0.39 is 6.04 Å². The van der Waals surface area contributed by atoms with Gasteiger partial charge in [-0.05, 0) is 67.8 Å². The highest BCUT2D eigenvalue weighted by Gasteiger charge is 2.36. The Kier molecular flexibility index (Phi) is 8.49. The van der Waals surface area contributed by atoms with E-state index in [9.17, 15) is 9.59 Å². The van der Waals surface area contributed by atoms with E-state index in [2.05, 4.69) is 5.32 Å². The summed E-state index contributed by atoms with van der Waals surface area (Å²) >= 11 is 8.12. The second kappa shape index (κ2) is 12.6. The summed E-state index contributed by atoms with van der Waals surface area (Å²) in [5.74, 6) is 0.113. The van der Waals surface area contributed by atoms with E-state index in [1.54, 1.807) is 24.1 Å². The third-order valence-corrected chi connectivity index (χ3v) is 9.39. The number of para-hydroxylation sites is 2. The van der Waals surface area contributed by atoms with Gasteiger partial charge in [0, 0.05) is 11.4 Å². The molecule has 1 atom stereocenters. The number of thiophene rings is 1. The van der Waals surface area contributed by atoms with Gasteiger partial charge in [-0.2, -0.15) is 5.10 Å². The number of rotatable bonds is 8. The van der Waals surface area contributed by atoms with Crippen LogP contribution in [0, 0.1) is 6.92 Å². The number of nitrogens with zero attached hydrogens (tertiary/aromatic N) is 3. The number of anilines is 1. The Morgan fingerprint density at radius 2 is 1.70 bits per heavy atom. The number of aryl methyl sites for hydroxylation is 1. The topological polar surface area (TPSA) is 76.5 Å². The predicted molar refractivity (Wildman–Crippen MR) is 173 cm³/mol. The fraction of sp³-hybridized carbons (Fsp3) is 0.265. The Bertz CT molecular complexity index is 1740. The minimum absolute atomic E-state index is 0.0639. The second-order valence-electron chi connectivity index (χ2n) is 10.8. The summed E-state index contributed by atoms with van der Waals surface area (Å²) in [5.41, 5.74) is 2.86. The number of hydrogen-bond donors (Lipinski definition) is 1. The minimum Gasteiger partial charge on any atom is -0.497 e. The molecule has 2 amide bonds. The van der Waals surface area contributed by atoms with Crippen molar-refractivity contribution in [3.05, 3.63) is 106 Å². The van der Waals surface area contributed by atoms with Crippen LogP contribution in [0.2, 0.25) is 5.02 Å². The van der Waals surface area contributed by atoms with Crippen LogP contribution in [0.4, 0.5) is 5.69 Å². The van der Waals surface area contributed by atoms with E-state index in [1.165, 1.54) is 17.8 Å². The van der Waals surface area contributed by atoms with Gasteiger partial charge in [0.05, 0.1) is 34.1 Å². The number of aromatic nitrogens is 2. The number of ether oxygens (including phenoxy) is 1. The Balaban J connectivity index is 1.47. The van der Waals surface area contributed by atoms with Crippen LogP contribution in [0.3, 0.4) is 0 Å². The monoisotopic (exact) mass is 612 g/mol. The first kappa shape index (κ1) is 29.0. The lowest BCUT2D eigenvalue weighted by Gasteiger charge is -2.33. The maximum absolute atomic E-state index is 14.7. The van der Waals surface area contributed by atoms with Gasteiger partial charge in [-0.3, -0.25) is 14.5 Å². The molecule has 1 fully saturated rings. The Labute approximate surface area is 260 Å². The molecule has 5 aromatic rings. The van der Waals surface area contributed by atoms with E-state index >= 15 is 0 Å². The lowest BCUT2D eigenvalue weighted by molar-refractivity contribution is -0.123. The number of nitrogens with one attached hydrogen (secondary N) is 1. The lowest BCUT2D eigenvalue weighted by Crippen LogP contribution is -2.47. The molecule has 1 aliphatic rings. The van der Waals surface area contributed by atoms with E-state index in [0.29, 0.717) is 26.9 Å². The van der Waals surface area contributed by atoms with Crippen LogP contribution in [0.15, 0.2) is 84.9 Å². The molecular formula is C34H33ClN4O3S. The first-order valence-corrected chi connectivity index (χ1v) is 15.7. The van der Waals surface area contributed by atoms with Gasteiger partial charge in [0.2, 0.25) is 5.91 Å². The Hall–Kier alpha value is -4.14. The molecule has 1 aliphatic carbocycles. The second-order valence-corrected chi connectivity index (χ2v) is 12.2. The van der Waals surface area contributed by atoms with Gasteiger partial charge in [-0.1, -0.05) is 73.3 Å². The first-order chi connectivity index (χ1) is 20.9. The average molecular weight is 613 g/mol. The standard InChI is InChI=1S/C34H33ClN4O3S/c1-22-27-21-30(43-34(27)39(37-22)25-13-7-4-8-14-25)33(41)38(29-16-10-9-15-28(29)35)31(23-17-19-26(42-2)20-18-23)32(40)36-24-11-5-3-6-12-24/h4,7-10,13-21,24,31H,3,5-6,11-12H2,1-2H3,(H,36,40). The quantitative estimate of drug-likeness (QED) is 0.193. The summed E-state index contributed by atoms with van der Waals surface area (Å²) < 4.78 is 7.25. The van der Waals surface area contributed by atoms with Gasteiger partial charge in [0.25, 0.3) is 5.91 Å². The van der Waals surface area contributed by atoms with Crippen LogP contribution in [0.25, 0.3) is 15.9 Å². The molecule has 6 rings (SSSR count). The molecule has 9 heteroatoms. The van der Waals surface area contributed by atoms with Gasteiger partial charge in [-0.15, -0.1) is 11.3 Å². The minimum atomic E-state index is -0.961.